The average Bonchev–Trinajstić information content (AvgIpc) is 2.20. The van der Waals surface area contributed by atoms with Crippen LogP contribution < -0.4 is 5.73 Å². The summed E-state index contributed by atoms with van der Waals surface area (Å²) in [6.45, 7) is 0. The molecule has 0 saturated carbocycles. The lowest BCUT2D eigenvalue weighted by atomic mass is 10.0. The van der Waals surface area contributed by atoms with Crippen molar-refractivity contribution < 1.29 is 19.4 Å². The van der Waals surface area contributed by atoms with Crippen molar-refractivity contribution in [2.75, 3.05) is 0 Å². The minimum atomic E-state index is -1.86. The Kier molecular flexibility index (Phi) is 3.62. The Labute approximate surface area is 90.1 Å². The van der Waals surface area contributed by atoms with Crippen molar-refractivity contribution in [1.29, 1.82) is 0 Å². The number of primary amides is 1. The number of carbonyl (C=O) groups is 1. The summed E-state index contributed by atoms with van der Waals surface area (Å²) >= 11 is 5.46. The predicted octanol–water partition coefficient (Wildman–Crippen LogP) is 0.359. The van der Waals surface area contributed by atoms with E-state index in [0.717, 1.165) is 0 Å². The zero-order valence-corrected chi connectivity index (χ0v) is 8.28. The zero-order chi connectivity index (χ0) is 11.6. The Morgan fingerprint density at radius 3 is 2.60 bits per heavy atom. The maximum Gasteiger partial charge on any atom is 0.249 e. The average molecular weight is 234 g/mol. The van der Waals surface area contributed by atoms with Crippen molar-refractivity contribution in [2.45, 2.75) is 12.2 Å². The molecule has 0 aromatic heterocycles. The quantitative estimate of drug-likeness (QED) is 0.705. The smallest absolute Gasteiger partial charge is 0.249 e. The fourth-order valence-corrected chi connectivity index (χ4v) is 1.26. The first-order valence-corrected chi connectivity index (χ1v) is 4.42. The highest BCUT2D eigenvalue weighted by atomic mass is 35.5. The molecule has 0 bridgehead atoms. The molecule has 0 aliphatic rings. The van der Waals surface area contributed by atoms with Crippen LogP contribution in [0.4, 0.5) is 4.39 Å². The van der Waals surface area contributed by atoms with Gasteiger partial charge in [0.05, 0.1) is 5.02 Å². The number of halogens is 2. The van der Waals surface area contributed by atoms with E-state index in [1.165, 1.54) is 18.2 Å². The van der Waals surface area contributed by atoms with E-state index in [9.17, 15) is 14.3 Å². The molecule has 0 aliphatic heterocycles. The maximum absolute atomic E-state index is 13.3. The van der Waals surface area contributed by atoms with Crippen LogP contribution in [0.15, 0.2) is 18.2 Å². The van der Waals surface area contributed by atoms with Gasteiger partial charge in [-0.05, 0) is 6.07 Å². The summed E-state index contributed by atoms with van der Waals surface area (Å²) in [4.78, 5) is 10.6. The third-order valence-corrected chi connectivity index (χ3v) is 2.18. The van der Waals surface area contributed by atoms with E-state index in [4.69, 9.17) is 22.4 Å². The van der Waals surface area contributed by atoms with Gasteiger partial charge in [-0.25, -0.2) is 4.39 Å². The summed E-state index contributed by atoms with van der Waals surface area (Å²) in [6.07, 6.45) is -3.58. The van der Waals surface area contributed by atoms with Crippen LogP contribution in [0.1, 0.15) is 11.7 Å². The molecule has 0 saturated heterocycles. The molecule has 4 nitrogen and oxygen atoms in total. The minimum Gasteiger partial charge on any atom is -0.385 e. The lowest BCUT2D eigenvalue weighted by molar-refractivity contribution is -0.132. The molecule has 0 heterocycles. The van der Waals surface area contributed by atoms with Crippen LogP contribution in [0.3, 0.4) is 0 Å². The van der Waals surface area contributed by atoms with E-state index in [1.807, 2.05) is 0 Å². The van der Waals surface area contributed by atoms with Crippen molar-refractivity contribution in [3.63, 3.8) is 0 Å². The first-order chi connectivity index (χ1) is 6.95. The molecule has 1 aromatic rings. The second-order valence-corrected chi connectivity index (χ2v) is 3.34. The summed E-state index contributed by atoms with van der Waals surface area (Å²) in [7, 11) is 0. The molecule has 2 unspecified atom stereocenters. The standard InChI is InChI=1S/C9H9ClFNO3/c10-5-3-1-2-4(6(5)11)7(13)8(14)9(12)15/h1-3,7-8,13-14H,(H2,12,15). The van der Waals surface area contributed by atoms with Gasteiger partial charge < -0.3 is 15.9 Å². The molecule has 1 amide bonds. The minimum absolute atomic E-state index is 0.205. The highest BCUT2D eigenvalue weighted by Gasteiger charge is 2.26. The molecule has 4 N–H and O–H groups in total. The fraction of sp³-hybridized carbons (Fsp3) is 0.222. The summed E-state index contributed by atoms with van der Waals surface area (Å²) in [6, 6.07) is 3.87. The first-order valence-electron chi connectivity index (χ1n) is 4.04. The summed E-state index contributed by atoms with van der Waals surface area (Å²) in [5, 5.41) is 18.3. The third kappa shape index (κ3) is 2.44. The van der Waals surface area contributed by atoms with Crippen LogP contribution >= 0.6 is 11.6 Å². The Morgan fingerprint density at radius 1 is 1.47 bits per heavy atom. The highest BCUT2D eigenvalue weighted by Crippen LogP contribution is 2.25. The summed E-state index contributed by atoms with van der Waals surface area (Å²) in [5.41, 5.74) is 4.49. The Bertz CT molecular complexity index is 386. The molecule has 6 heteroatoms. The van der Waals surface area contributed by atoms with Gasteiger partial charge in [0, 0.05) is 5.56 Å². The van der Waals surface area contributed by atoms with E-state index in [2.05, 4.69) is 0 Å². The summed E-state index contributed by atoms with van der Waals surface area (Å²) in [5.74, 6) is -2.02. The van der Waals surface area contributed by atoms with Gasteiger partial charge in [-0.2, -0.15) is 0 Å². The number of hydrogen-bond acceptors (Lipinski definition) is 3. The van der Waals surface area contributed by atoms with Gasteiger partial charge >= 0.3 is 0 Å². The molecular formula is C9H9ClFNO3. The van der Waals surface area contributed by atoms with Crippen LogP contribution in [0.2, 0.25) is 5.02 Å². The molecule has 0 aliphatic carbocycles. The number of amides is 1. The molecular weight excluding hydrogens is 225 g/mol. The number of carbonyl (C=O) groups excluding carboxylic acids is 1. The van der Waals surface area contributed by atoms with Gasteiger partial charge in [0.1, 0.15) is 11.9 Å². The van der Waals surface area contributed by atoms with Crippen LogP contribution in [0, 0.1) is 5.82 Å². The van der Waals surface area contributed by atoms with E-state index < -0.39 is 23.9 Å². The van der Waals surface area contributed by atoms with Crippen LogP contribution in [-0.4, -0.2) is 22.2 Å². The van der Waals surface area contributed by atoms with Crippen molar-refractivity contribution in [1.82, 2.24) is 0 Å². The number of hydrogen-bond donors (Lipinski definition) is 3. The fourth-order valence-electron chi connectivity index (χ4n) is 1.07. The van der Waals surface area contributed by atoms with E-state index in [0.29, 0.717) is 0 Å². The van der Waals surface area contributed by atoms with Gasteiger partial charge in [-0.1, -0.05) is 23.7 Å². The van der Waals surface area contributed by atoms with Gasteiger partial charge in [-0.3, -0.25) is 4.79 Å². The highest BCUT2D eigenvalue weighted by molar-refractivity contribution is 6.30. The monoisotopic (exact) mass is 233 g/mol. The molecule has 2 atom stereocenters. The topological polar surface area (TPSA) is 83.6 Å². The van der Waals surface area contributed by atoms with Crippen LogP contribution in [0.5, 0.6) is 0 Å². The van der Waals surface area contributed by atoms with E-state index in [-0.39, 0.29) is 10.6 Å². The van der Waals surface area contributed by atoms with Crippen molar-refractivity contribution in [2.24, 2.45) is 5.73 Å². The Morgan fingerprint density at radius 2 is 2.07 bits per heavy atom. The SMILES string of the molecule is NC(=O)C(O)C(O)c1cccc(Cl)c1F. The lowest BCUT2D eigenvalue weighted by Crippen LogP contribution is -2.34. The van der Waals surface area contributed by atoms with Crippen LogP contribution in [0.25, 0.3) is 0 Å². The number of aliphatic hydroxyl groups excluding tert-OH is 2. The van der Waals surface area contributed by atoms with Crippen molar-refractivity contribution >= 4 is 17.5 Å². The first kappa shape index (κ1) is 11.9. The Balaban J connectivity index is 3.06. The number of rotatable bonds is 3. The molecule has 82 valence electrons. The summed E-state index contributed by atoms with van der Waals surface area (Å²) < 4.78 is 13.3. The molecule has 0 spiro atoms. The van der Waals surface area contributed by atoms with Gasteiger partial charge in [-0.15, -0.1) is 0 Å². The third-order valence-electron chi connectivity index (χ3n) is 1.89. The Hall–Kier alpha value is -1.17. The largest absolute Gasteiger partial charge is 0.385 e. The van der Waals surface area contributed by atoms with Gasteiger partial charge in [0.2, 0.25) is 5.91 Å². The predicted molar refractivity (Wildman–Crippen MR) is 51.6 cm³/mol. The van der Waals surface area contributed by atoms with Gasteiger partial charge in [0.15, 0.2) is 6.10 Å². The molecule has 15 heavy (non-hydrogen) atoms. The molecule has 1 rings (SSSR count). The second-order valence-electron chi connectivity index (χ2n) is 2.94. The maximum atomic E-state index is 13.3. The second kappa shape index (κ2) is 4.57. The molecule has 1 aromatic carbocycles. The van der Waals surface area contributed by atoms with Crippen LogP contribution in [-0.2, 0) is 4.79 Å². The van der Waals surface area contributed by atoms with Crippen molar-refractivity contribution in [3.8, 4) is 0 Å². The van der Waals surface area contributed by atoms with E-state index in [1.54, 1.807) is 0 Å². The van der Waals surface area contributed by atoms with Gasteiger partial charge in [0.25, 0.3) is 0 Å². The normalized spacial score (nSPS) is 14.7. The number of aliphatic hydroxyl groups is 2. The number of nitrogens with two attached hydrogens (primary N) is 1. The zero-order valence-electron chi connectivity index (χ0n) is 7.52. The van der Waals surface area contributed by atoms with E-state index >= 15 is 0 Å². The lowest BCUT2D eigenvalue weighted by Gasteiger charge is -2.15. The number of benzene rings is 1. The molecule has 0 fully saturated rings. The van der Waals surface area contributed by atoms with Crippen molar-refractivity contribution in [3.05, 3.63) is 34.6 Å². The molecule has 0 radical (unpaired) electrons.